The third-order valence-electron chi connectivity index (χ3n) is 2.33. The summed E-state index contributed by atoms with van der Waals surface area (Å²) in [6.07, 6.45) is 1.93. The van der Waals surface area contributed by atoms with E-state index in [1.54, 1.807) is 4.52 Å². The van der Waals surface area contributed by atoms with Gasteiger partial charge in [0.25, 0.3) is 0 Å². The third-order valence-corrected chi connectivity index (χ3v) is 3.00. The Kier molecular flexibility index (Phi) is 2.36. The summed E-state index contributed by atoms with van der Waals surface area (Å²) < 4.78 is 2.96. The first-order chi connectivity index (χ1) is 7.83. The van der Waals surface area contributed by atoms with Crippen LogP contribution in [0.4, 0.5) is 0 Å². The molecule has 0 aliphatic rings. The minimum absolute atomic E-state index is 0.766. The van der Waals surface area contributed by atoms with Crippen LogP contribution in [0.1, 0.15) is 0 Å². The summed E-state index contributed by atoms with van der Waals surface area (Å²) in [7, 11) is 0. The molecule has 0 saturated heterocycles. The molecule has 0 aliphatic heterocycles. The van der Waals surface area contributed by atoms with E-state index in [1.807, 2.05) is 48.7 Å². The number of pyridine rings is 1. The first kappa shape index (κ1) is 9.77. The van der Waals surface area contributed by atoms with Crippen molar-refractivity contribution in [3.8, 4) is 11.4 Å². The minimum atomic E-state index is 0.766. The quantitative estimate of drug-likeness (QED) is 0.645. The predicted octanol–water partition coefficient (Wildman–Crippen LogP) is 3.00. The van der Waals surface area contributed by atoms with E-state index in [0.717, 1.165) is 20.6 Å². The fraction of sp³-hybridized carbons (Fsp3) is 0. The van der Waals surface area contributed by atoms with E-state index >= 15 is 0 Å². The van der Waals surface area contributed by atoms with E-state index < -0.39 is 0 Å². The lowest BCUT2D eigenvalue weighted by Crippen LogP contribution is -1.86. The van der Waals surface area contributed by atoms with Gasteiger partial charge in [0.2, 0.25) is 0 Å². The van der Waals surface area contributed by atoms with Gasteiger partial charge in [-0.05, 0) is 34.7 Å². The van der Waals surface area contributed by atoms with E-state index in [-0.39, 0.29) is 0 Å². The van der Waals surface area contributed by atoms with Crippen LogP contribution in [0.25, 0.3) is 17.0 Å². The van der Waals surface area contributed by atoms with Crippen molar-refractivity contribution in [1.82, 2.24) is 14.6 Å². The molecular weight excluding hydrogens is 313 g/mol. The zero-order valence-electron chi connectivity index (χ0n) is 8.34. The second kappa shape index (κ2) is 3.86. The number of hydrogen-bond acceptors (Lipinski definition) is 2. The number of aromatic nitrogens is 3. The Hall–Kier alpha value is -1.43. The first-order valence-corrected chi connectivity index (χ1v) is 5.98. The molecule has 0 aliphatic carbocycles. The van der Waals surface area contributed by atoms with Gasteiger partial charge in [-0.2, -0.15) is 0 Å². The smallest absolute Gasteiger partial charge is 0.182 e. The molecule has 0 saturated carbocycles. The molecule has 0 radical (unpaired) electrons. The molecule has 78 valence electrons. The van der Waals surface area contributed by atoms with Crippen molar-refractivity contribution >= 4 is 28.2 Å². The molecule has 3 aromatic rings. The van der Waals surface area contributed by atoms with Crippen LogP contribution in [0.2, 0.25) is 0 Å². The summed E-state index contributed by atoms with van der Waals surface area (Å²) in [5, 5.41) is 4.43. The second-order valence-electron chi connectivity index (χ2n) is 3.45. The number of hydrogen-bond donors (Lipinski definition) is 0. The Morgan fingerprint density at radius 3 is 2.69 bits per heavy atom. The van der Waals surface area contributed by atoms with E-state index in [9.17, 15) is 0 Å². The molecular formula is C12H8IN3. The monoisotopic (exact) mass is 321 g/mol. The maximum atomic E-state index is 4.49. The molecule has 3 rings (SSSR count). The number of fused-ring (bicyclic) bond motifs is 1. The highest BCUT2D eigenvalue weighted by molar-refractivity contribution is 14.1. The van der Waals surface area contributed by atoms with E-state index in [4.69, 9.17) is 0 Å². The maximum absolute atomic E-state index is 4.49. The normalized spacial score (nSPS) is 10.8. The predicted molar refractivity (Wildman–Crippen MR) is 71.1 cm³/mol. The Bertz CT molecular complexity index is 631. The lowest BCUT2D eigenvalue weighted by atomic mass is 10.2. The fourth-order valence-corrected chi connectivity index (χ4v) is 2.01. The Morgan fingerprint density at radius 2 is 1.88 bits per heavy atom. The second-order valence-corrected chi connectivity index (χ2v) is 4.69. The third kappa shape index (κ3) is 1.69. The van der Waals surface area contributed by atoms with Crippen LogP contribution in [0, 0.1) is 3.57 Å². The average Bonchev–Trinajstić information content (AvgIpc) is 2.73. The highest BCUT2D eigenvalue weighted by Gasteiger charge is 2.05. The molecule has 1 aromatic carbocycles. The Morgan fingerprint density at radius 1 is 1.06 bits per heavy atom. The van der Waals surface area contributed by atoms with Gasteiger partial charge in [-0.25, -0.2) is 9.50 Å². The maximum Gasteiger partial charge on any atom is 0.182 e. The lowest BCUT2D eigenvalue weighted by molar-refractivity contribution is 0.964. The van der Waals surface area contributed by atoms with Crippen LogP contribution in [-0.4, -0.2) is 14.6 Å². The van der Waals surface area contributed by atoms with Gasteiger partial charge in [-0.1, -0.05) is 30.3 Å². The van der Waals surface area contributed by atoms with E-state index in [0.29, 0.717) is 0 Å². The minimum Gasteiger partial charge on any atom is -0.220 e. The van der Waals surface area contributed by atoms with Crippen molar-refractivity contribution in [2.24, 2.45) is 0 Å². The van der Waals surface area contributed by atoms with E-state index in [1.165, 1.54) is 0 Å². The topological polar surface area (TPSA) is 30.2 Å². The van der Waals surface area contributed by atoms with Crippen molar-refractivity contribution < 1.29 is 0 Å². The number of benzene rings is 1. The number of rotatable bonds is 1. The van der Waals surface area contributed by atoms with Gasteiger partial charge in [-0.15, -0.1) is 5.10 Å². The molecule has 0 fully saturated rings. The largest absolute Gasteiger partial charge is 0.220 e. The molecule has 0 unspecified atom stereocenters. The van der Waals surface area contributed by atoms with Crippen LogP contribution in [-0.2, 0) is 0 Å². The number of nitrogens with zero attached hydrogens (tertiary/aromatic N) is 3. The van der Waals surface area contributed by atoms with Crippen molar-refractivity contribution in [2.75, 3.05) is 0 Å². The summed E-state index contributed by atoms with van der Waals surface area (Å²) >= 11 is 2.27. The van der Waals surface area contributed by atoms with Gasteiger partial charge in [0, 0.05) is 15.3 Å². The van der Waals surface area contributed by atoms with Gasteiger partial charge < -0.3 is 0 Å². The van der Waals surface area contributed by atoms with Crippen LogP contribution >= 0.6 is 22.6 Å². The molecule has 0 spiro atoms. The van der Waals surface area contributed by atoms with Crippen molar-refractivity contribution in [3.05, 3.63) is 52.2 Å². The van der Waals surface area contributed by atoms with Crippen molar-refractivity contribution in [3.63, 3.8) is 0 Å². The average molecular weight is 321 g/mol. The standard InChI is InChI=1S/C12H8IN3/c13-10-6-7-16-11(8-10)14-12(15-16)9-4-2-1-3-5-9/h1-8H. The summed E-state index contributed by atoms with van der Waals surface area (Å²) in [4.78, 5) is 4.49. The molecule has 0 atom stereocenters. The van der Waals surface area contributed by atoms with Crippen LogP contribution in [0.3, 0.4) is 0 Å². The van der Waals surface area contributed by atoms with Gasteiger partial charge in [0.15, 0.2) is 11.5 Å². The zero-order chi connectivity index (χ0) is 11.0. The van der Waals surface area contributed by atoms with E-state index in [2.05, 4.69) is 32.7 Å². The highest BCUT2D eigenvalue weighted by atomic mass is 127. The zero-order valence-corrected chi connectivity index (χ0v) is 10.5. The SMILES string of the molecule is Ic1ccn2nc(-c3ccccc3)nc2c1. The molecule has 3 nitrogen and oxygen atoms in total. The highest BCUT2D eigenvalue weighted by Crippen LogP contribution is 2.16. The molecule has 2 heterocycles. The van der Waals surface area contributed by atoms with Crippen LogP contribution < -0.4 is 0 Å². The van der Waals surface area contributed by atoms with Gasteiger partial charge >= 0.3 is 0 Å². The summed E-state index contributed by atoms with van der Waals surface area (Å²) in [5.74, 6) is 0.766. The molecule has 4 heteroatoms. The summed E-state index contributed by atoms with van der Waals surface area (Å²) in [6, 6.07) is 14.0. The summed E-state index contributed by atoms with van der Waals surface area (Å²) in [5.41, 5.74) is 1.92. The molecule has 0 bridgehead atoms. The van der Waals surface area contributed by atoms with Gasteiger partial charge in [0.05, 0.1) is 0 Å². The van der Waals surface area contributed by atoms with Crippen molar-refractivity contribution in [1.29, 1.82) is 0 Å². The van der Waals surface area contributed by atoms with Crippen molar-refractivity contribution in [2.45, 2.75) is 0 Å². The molecule has 2 aromatic heterocycles. The van der Waals surface area contributed by atoms with Crippen LogP contribution in [0.15, 0.2) is 48.7 Å². The van der Waals surface area contributed by atoms with Crippen LogP contribution in [0.5, 0.6) is 0 Å². The fourth-order valence-electron chi connectivity index (χ4n) is 1.57. The lowest BCUT2D eigenvalue weighted by Gasteiger charge is -1.91. The molecule has 16 heavy (non-hydrogen) atoms. The van der Waals surface area contributed by atoms with Gasteiger partial charge in [0.1, 0.15) is 0 Å². The molecule has 0 amide bonds. The Labute approximate surface area is 106 Å². The Balaban J connectivity index is 2.19. The summed E-state index contributed by atoms with van der Waals surface area (Å²) in [6.45, 7) is 0. The van der Waals surface area contributed by atoms with Gasteiger partial charge in [-0.3, -0.25) is 0 Å². The molecule has 0 N–H and O–H groups in total. The number of halogens is 1. The first-order valence-electron chi connectivity index (χ1n) is 4.90.